The van der Waals surface area contributed by atoms with Gasteiger partial charge in [-0.2, -0.15) is 0 Å². The molecule has 1 unspecified atom stereocenters. The minimum Gasteiger partial charge on any atom is -0.481 e. The van der Waals surface area contributed by atoms with E-state index in [2.05, 4.69) is 5.32 Å². The predicted octanol–water partition coefficient (Wildman–Crippen LogP) is -0.0743. The van der Waals surface area contributed by atoms with Crippen LogP contribution in [0.25, 0.3) is 0 Å². The van der Waals surface area contributed by atoms with Crippen LogP contribution < -0.4 is 5.32 Å². The molecular weight excluding hydrogens is 284 g/mol. The van der Waals surface area contributed by atoms with Crippen molar-refractivity contribution in [2.75, 3.05) is 25.4 Å². The summed E-state index contributed by atoms with van der Waals surface area (Å²) in [6, 6.07) is -0.372. The first-order chi connectivity index (χ1) is 9.31. The predicted molar refractivity (Wildman–Crippen MR) is 72.1 cm³/mol. The number of nitrogens with one attached hydrogen (secondary N) is 1. The molecule has 0 aromatic rings. The highest BCUT2D eigenvalue weighted by Gasteiger charge is 2.37. The van der Waals surface area contributed by atoms with E-state index in [4.69, 9.17) is 5.11 Å². The lowest BCUT2D eigenvalue weighted by Gasteiger charge is -2.18. The maximum absolute atomic E-state index is 12.0. The molecule has 2 aliphatic heterocycles. The van der Waals surface area contributed by atoms with Gasteiger partial charge in [-0.3, -0.25) is 4.79 Å². The number of likely N-dealkylation sites (tertiary alicyclic amines) is 1. The van der Waals surface area contributed by atoms with Crippen molar-refractivity contribution in [3.05, 3.63) is 0 Å². The van der Waals surface area contributed by atoms with E-state index >= 15 is 0 Å². The Morgan fingerprint density at radius 3 is 2.55 bits per heavy atom. The first-order valence-electron chi connectivity index (χ1n) is 6.78. The Morgan fingerprint density at radius 2 is 2.05 bits per heavy atom. The van der Waals surface area contributed by atoms with Crippen LogP contribution in [0.1, 0.15) is 19.8 Å². The van der Waals surface area contributed by atoms with E-state index in [9.17, 15) is 18.0 Å². The van der Waals surface area contributed by atoms with Crippen molar-refractivity contribution in [3.8, 4) is 0 Å². The Hall–Kier alpha value is -1.31. The summed E-state index contributed by atoms with van der Waals surface area (Å²) in [7, 11) is -3.07. The van der Waals surface area contributed by atoms with Crippen molar-refractivity contribution in [2.24, 2.45) is 11.8 Å². The molecule has 20 heavy (non-hydrogen) atoms. The molecule has 2 saturated heterocycles. The highest BCUT2D eigenvalue weighted by atomic mass is 32.2. The van der Waals surface area contributed by atoms with E-state index in [-0.39, 0.29) is 30.8 Å². The molecule has 0 aromatic carbocycles. The van der Waals surface area contributed by atoms with Crippen LogP contribution in [0.3, 0.4) is 0 Å². The van der Waals surface area contributed by atoms with Gasteiger partial charge in [0, 0.05) is 19.6 Å². The van der Waals surface area contributed by atoms with Gasteiger partial charge in [-0.25, -0.2) is 13.2 Å². The lowest BCUT2D eigenvalue weighted by molar-refractivity contribution is -0.142. The highest BCUT2D eigenvalue weighted by molar-refractivity contribution is 7.92. The Kier molecular flexibility index (Phi) is 4.22. The second-order valence-corrected chi connectivity index (χ2v) is 8.04. The number of hydrogen-bond donors (Lipinski definition) is 2. The second kappa shape index (κ2) is 5.59. The van der Waals surface area contributed by atoms with Gasteiger partial charge in [0.15, 0.2) is 9.84 Å². The van der Waals surface area contributed by atoms with E-state index in [0.29, 0.717) is 19.4 Å². The molecule has 2 rings (SSSR count). The third-order valence-corrected chi connectivity index (χ3v) is 6.44. The average molecular weight is 304 g/mol. The summed E-state index contributed by atoms with van der Waals surface area (Å²) in [5.41, 5.74) is 0. The molecule has 7 nitrogen and oxygen atoms in total. The number of rotatable bonds is 3. The smallest absolute Gasteiger partial charge is 0.317 e. The van der Waals surface area contributed by atoms with Crippen molar-refractivity contribution in [3.63, 3.8) is 0 Å². The minimum atomic E-state index is -3.07. The number of carboxylic acids is 1. The van der Waals surface area contributed by atoms with Gasteiger partial charge in [0.2, 0.25) is 0 Å². The first-order valence-corrected chi connectivity index (χ1v) is 8.50. The lowest BCUT2D eigenvalue weighted by Crippen LogP contribution is -2.43. The number of carboxylic acid groups (broad SMARTS) is 1. The van der Waals surface area contributed by atoms with Crippen molar-refractivity contribution >= 4 is 21.8 Å². The molecule has 3 atom stereocenters. The second-order valence-electron chi connectivity index (χ2n) is 5.64. The van der Waals surface area contributed by atoms with Crippen LogP contribution in [-0.4, -0.2) is 61.1 Å². The van der Waals surface area contributed by atoms with E-state index in [1.165, 1.54) is 4.90 Å². The van der Waals surface area contributed by atoms with Gasteiger partial charge >= 0.3 is 12.0 Å². The summed E-state index contributed by atoms with van der Waals surface area (Å²) < 4.78 is 23.3. The monoisotopic (exact) mass is 304 g/mol. The maximum Gasteiger partial charge on any atom is 0.317 e. The summed E-state index contributed by atoms with van der Waals surface area (Å²) in [5.74, 6) is -1.34. The number of aliphatic carboxylic acids is 1. The number of carbonyl (C=O) groups excluding carboxylic acids is 1. The van der Waals surface area contributed by atoms with Crippen LogP contribution in [0.2, 0.25) is 0 Å². The van der Waals surface area contributed by atoms with Crippen molar-refractivity contribution in [2.45, 2.75) is 25.0 Å². The molecule has 0 aromatic heterocycles. The molecule has 0 spiro atoms. The zero-order valence-corrected chi connectivity index (χ0v) is 12.2. The third kappa shape index (κ3) is 3.05. The molecule has 0 saturated carbocycles. The zero-order chi connectivity index (χ0) is 14.9. The Bertz CT molecular complexity index is 504. The van der Waals surface area contributed by atoms with E-state index in [1.54, 1.807) is 6.92 Å². The minimum absolute atomic E-state index is 0.0894. The van der Waals surface area contributed by atoms with Crippen LogP contribution in [0.5, 0.6) is 0 Å². The molecular formula is C12H20N2O5S. The van der Waals surface area contributed by atoms with Gasteiger partial charge in [-0.05, 0) is 18.8 Å². The van der Waals surface area contributed by atoms with Crippen LogP contribution >= 0.6 is 0 Å². The third-order valence-electron chi connectivity index (χ3n) is 4.16. The summed E-state index contributed by atoms with van der Waals surface area (Å²) >= 11 is 0. The fraction of sp³-hybridized carbons (Fsp3) is 0.833. The summed E-state index contributed by atoms with van der Waals surface area (Å²) in [4.78, 5) is 24.4. The Morgan fingerprint density at radius 1 is 1.35 bits per heavy atom. The number of hydrogen-bond acceptors (Lipinski definition) is 4. The average Bonchev–Trinajstić information content (AvgIpc) is 2.89. The lowest BCUT2D eigenvalue weighted by atomic mass is 9.99. The van der Waals surface area contributed by atoms with Crippen molar-refractivity contribution in [1.29, 1.82) is 0 Å². The molecule has 2 heterocycles. The Balaban J connectivity index is 1.86. The van der Waals surface area contributed by atoms with Gasteiger partial charge in [0.25, 0.3) is 0 Å². The molecule has 114 valence electrons. The molecule has 2 aliphatic rings. The quantitative estimate of drug-likeness (QED) is 0.759. The van der Waals surface area contributed by atoms with E-state index in [1.807, 2.05) is 0 Å². The van der Waals surface area contributed by atoms with Crippen molar-refractivity contribution in [1.82, 2.24) is 10.2 Å². The topological polar surface area (TPSA) is 104 Å². The standard InChI is InChI=1S/C12H20N2O5S/c1-8-6-14(7-10(8)11(15)16)12(17)13-5-9-3-2-4-20(9,18)19/h8-10H,2-7H2,1H3,(H,13,17)(H,15,16)/t8-,9?,10-/m1/s1. The normalized spacial score (nSPS) is 32.2. The molecule has 8 heteroatoms. The zero-order valence-electron chi connectivity index (χ0n) is 11.4. The van der Waals surface area contributed by atoms with Gasteiger partial charge in [0.05, 0.1) is 16.9 Å². The fourth-order valence-corrected chi connectivity index (χ4v) is 4.62. The Labute approximate surface area is 118 Å². The molecule has 0 bridgehead atoms. The summed E-state index contributed by atoms with van der Waals surface area (Å²) in [6.07, 6.45) is 1.22. The van der Waals surface area contributed by atoms with Gasteiger partial charge < -0.3 is 15.3 Å². The van der Waals surface area contributed by atoms with Crippen LogP contribution in [0.4, 0.5) is 4.79 Å². The fourth-order valence-electron chi connectivity index (χ4n) is 2.85. The number of amides is 2. The molecule has 2 fully saturated rings. The van der Waals surface area contributed by atoms with E-state index in [0.717, 1.165) is 0 Å². The van der Waals surface area contributed by atoms with Crippen LogP contribution in [-0.2, 0) is 14.6 Å². The molecule has 0 radical (unpaired) electrons. The molecule has 2 amide bonds. The highest BCUT2D eigenvalue weighted by Crippen LogP contribution is 2.23. The first kappa shape index (κ1) is 15.1. The van der Waals surface area contributed by atoms with Gasteiger partial charge in [-0.1, -0.05) is 6.92 Å². The SMILES string of the molecule is C[C@@H]1CN(C(=O)NCC2CCCS2(=O)=O)C[C@H]1C(=O)O. The van der Waals surface area contributed by atoms with E-state index < -0.39 is 27.0 Å². The number of sulfone groups is 1. The largest absolute Gasteiger partial charge is 0.481 e. The van der Waals surface area contributed by atoms with Crippen molar-refractivity contribution < 1.29 is 23.1 Å². The number of carbonyl (C=O) groups is 2. The van der Waals surface area contributed by atoms with Gasteiger partial charge in [0.1, 0.15) is 0 Å². The van der Waals surface area contributed by atoms with Crippen LogP contribution in [0, 0.1) is 11.8 Å². The number of nitrogens with zero attached hydrogens (tertiary/aromatic N) is 1. The van der Waals surface area contributed by atoms with Crippen LogP contribution in [0.15, 0.2) is 0 Å². The summed E-state index contributed by atoms with van der Waals surface area (Å²) in [6.45, 7) is 2.48. The molecule has 2 N–H and O–H groups in total. The summed E-state index contributed by atoms with van der Waals surface area (Å²) in [5, 5.41) is 11.1. The maximum atomic E-state index is 12.0. The molecule has 0 aliphatic carbocycles. The van der Waals surface area contributed by atoms with Gasteiger partial charge in [-0.15, -0.1) is 0 Å². The number of urea groups is 1.